The number of pyridine rings is 1. The molecule has 1 N–H and O–H groups in total. The van der Waals surface area contributed by atoms with E-state index in [0.717, 1.165) is 12.4 Å². The van der Waals surface area contributed by atoms with Crippen LogP contribution in [-0.4, -0.2) is 25.9 Å². The lowest BCUT2D eigenvalue weighted by atomic mass is 10.4. The first-order valence-corrected chi connectivity index (χ1v) is 6.46. The standard InChI is InChI=1S/C13H11ClFN5/c1-2-16-11-3-4-17-13(19-11)10-6-18-12-5-9(15)8(14)7-20(10)12/h3-7H,2H2,1H3,(H,16,17,19). The third kappa shape index (κ3) is 2.18. The number of anilines is 1. The Morgan fingerprint density at radius 3 is 3.05 bits per heavy atom. The first kappa shape index (κ1) is 12.8. The maximum atomic E-state index is 13.4. The van der Waals surface area contributed by atoms with E-state index in [1.165, 1.54) is 12.3 Å². The fourth-order valence-corrected chi connectivity index (χ4v) is 2.05. The summed E-state index contributed by atoms with van der Waals surface area (Å²) in [6.45, 7) is 2.75. The maximum Gasteiger partial charge on any atom is 0.180 e. The van der Waals surface area contributed by atoms with E-state index < -0.39 is 5.82 Å². The molecule has 0 bridgehead atoms. The largest absolute Gasteiger partial charge is 0.370 e. The Bertz CT molecular complexity index is 771. The molecule has 3 aromatic heterocycles. The van der Waals surface area contributed by atoms with Crippen LogP contribution in [0.4, 0.5) is 10.2 Å². The van der Waals surface area contributed by atoms with Gasteiger partial charge in [-0.1, -0.05) is 11.6 Å². The predicted octanol–water partition coefficient (Wildman–Crippen LogP) is 3.02. The Morgan fingerprint density at radius 2 is 2.25 bits per heavy atom. The van der Waals surface area contributed by atoms with Gasteiger partial charge in [0.2, 0.25) is 0 Å². The molecule has 0 radical (unpaired) electrons. The molecule has 0 aliphatic rings. The number of hydrogen-bond donors (Lipinski definition) is 1. The van der Waals surface area contributed by atoms with E-state index in [-0.39, 0.29) is 5.02 Å². The molecule has 3 heterocycles. The average Bonchev–Trinajstić information content (AvgIpc) is 2.83. The highest BCUT2D eigenvalue weighted by Gasteiger charge is 2.11. The van der Waals surface area contributed by atoms with Gasteiger partial charge in [0.25, 0.3) is 0 Å². The van der Waals surface area contributed by atoms with Crippen LogP contribution in [0.25, 0.3) is 17.2 Å². The highest BCUT2D eigenvalue weighted by atomic mass is 35.5. The lowest BCUT2D eigenvalue weighted by Gasteiger charge is -2.05. The highest BCUT2D eigenvalue weighted by molar-refractivity contribution is 6.30. The van der Waals surface area contributed by atoms with Crippen molar-refractivity contribution >= 4 is 23.1 Å². The number of aromatic nitrogens is 4. The summed E-state index contributed by atoms with van der Waals surface area (Å²) in [5.74, 6) is 0.720. The van der Waals surface area contributed by atoms with Crippen LogP contribution in [0.5, 0.6) is 0 Å². The summed E-state index contributed by atoms with van der Waals surface area (Å²) in [7, 11) is 0. The topological polar surface area (TPSA) is 55.1 Å². The van der Waals surface area contributed by atoms with Crippen molar-refractivity contribution in [3.63, 3.8) is 0 Å². The summed E-state index contributed by atoms with van der Waals surface area (Å²) in [4.78, 5) is 12.7. The third-order valence-electron chi connectivity index (χ3n) is 2.79. The number of fused-ring (bicyclic) bond motifs is 1. The molecular formula is C13H11ClFN5. The van der Waals surface area contributed by atoms with E-state index in [1.807, 2.05) is 6.92 Å². The maximum absolute atomic E-state index is 13.4. The molecule has 0 unspecified atom stereocenters. The van der Waals surface area contributed by atoms with Gasteiger partial charge >= 0.3 is 0 Å². The molecule has 3 aromatic rings. The first-order chi connectivity index (χ1) is 9.69. The molecule has 0 atom stereocenters. The van der Waals surface area contributed by atoms with Crippen LogP contribution in [0, 0.1) is 5.82 Å². The van der Waals surface area contributed by atoms with Crippen molar-refractivity contribution in [2.45, 2.75) is 6.92 Å². The number of rotatable bonds is 3. The van der Waals surface area contributed by atoms with Gasteiger partial charge in [-0.15, -0.1) is 0 Å². The van der Waals surface area contributed by atoms with E-state index in [2.05, 4.69) is 20.3 Å². The van der Waals surface area contributed by atoms with E-state index in [0.29, 0.717) is 17.2 Å². The second-order valence-corrected chi connectivity index (χ2v) is 4.54. The molecule has 0 aromatic carbocycles. The third-order valence-corrected chi connectivity index (χ3v) is 3.07. The highest BCUT2D eigenvalue weighted by Crippen LogP contribution is 2.22. The monoisotopic (exact) mass is 291 g/mol. The van der Waals surface area contributed by atoms with Crippen LogP contribution < -0.4 is 5.32 Å². The summed E-state index contributed by atoms with van der Waals surface area (Å²) < 4.78 is 15.1. The SMILES string of the molecule is CCNc1ccnc(-c2cnc3cc(F)c(Cl)cn23)n1. The minimum absolute atomic E-state index is 0.0274. The van der Waals surface area contributed by atoms with E-state index in [1.54, 1.807) is 22.9 Å². The summed E-state index contributed by atoms with van der Waals surface area (Å²) in [6, 6.07) is 3.06. The Hall–Kier alpha value is -2.21. The van der Waals surface area contributed by atoms with Crippen LogP contribution in [0.1, 0.15) is 6.92 Å². The molecule has 20 heavy (non-hydrogen) atoms. The van der Waals surface area contributed by atoms with Crippen molar-refractivity contribution in [2.24, 2.45) is 0 Å². The van der Waals surface area contributed by atoms with Crippen LogP contribution in [0.15, 0.2) is 30.7 Å². The number of imidazole rings is 1. The minimum atomic E-state index is -0.501. The lowest BCUT2D eigenvalue weighted by molar-refractivity contribution is 0.627. The quantitative estimate of drug-likeness (QED) is 0.806. The van der Waals surface area contributed by atoms with Gasteiger partial charge < -0.3 is 5.32 Å². The summed E-state index contributed by atoms with van der Waals surface area (Å²) in [6.07, 6.45) is 4.72. The molecular weight excluding hydrogens is 281 g/mol. The molecule has 0 spiro atoms. The second-order valence-electron chi connectivity index (χ2n) is 4.14. The normalized spacial score (nSPS) is 10.9. The van der Waals surface area contributed by atoms with E-state index in [9.17, 15) is 4.39 Å². The number of halogens is 2. The van der Waals surface area contributed by atoms with Gasteiger partial charge in [0, 0.05) is 25.0 Å². The summed E-state index contributed by atoms with van der Waals surface area (Å²) in [5.41, 5.74) is 1.11. The van der Waals surface area contributed by atoms with Crippen molar-refractivity contribution in [3.8, 4) is 11.5 Å². The van der Waals surface area contributed by atoms with Gasteiger partial charge in [-0.3, -0.25) is 4.40 Å². The van der Waals surface area contributed by atoms with Crippen LogP contribution >= 0.6 is 11.6 Å². The van der Waals surface area contributed by atoms with Gasteiger partial charge in [-0.2, -0.15) is 0 Å². The number of hydrogen-bond acceptors (Lipinski definition) is 4. The van der Waals surface area contributed by atoms with E-state index in [4.69, 9.17) is 11.6 Å². The molecule has 0 aliphatic carbocycles. The van der Waals surface area contributed by atoms with Crippen molar-refractivity contribution in [1.82, 2.24) is 19.4 Å². The summed E-state index contributed by atoms with van der Waals surface area (Å²) in [5, 5.41) is 3.14. The molecule has 102 valence electrons. The average molecular weight is 292 g/mol. The Labute approximate surface area is 119 Å². The fourth-order valence-electron chi connectivity index (χ4n) is 1.90. The Balaban J connectivity index is 2.14. The van der Waals surface area contributed by atoms with Crippen molar-refractivity contribution in [1.29, 1.82) is 0 Å². The molecule has 0 amide bonds. The number of nitrogens with one attached hydrogen (secondary N) is 1. The predicted molar refractivity (Wildman–Crippen MR) is 75.3 cm³/mol. The van der Waals surface area contributed by atoms with Gasteiger partial charge in [0.15, 0.2) is 5.82 Å². The van der Waals surface area contributed by atoms with Gasteiger partial charge in [-0.25, -0.2) is 19.3 Å². The zero-order valence-corrected chi connectivity index (χ0v) is 11.4. The molecule has 0 aliphatic heterocycles. The molecule has 5 nitrogen and oxygen atoms in total. The van der Waals surface area contributed by atoms with Crippen LogP contribution in [-0.2, 0) is 0 Å². The molecule has 0 fully saturated rings. The smallest absolute Gasteiger partial charge is 0.180 e. The zero-order valence-electron chi connectivity index (χ0n) is 10.6. The van der Waals surface area contributed by atoms with Gasteiger partial charge in [-0.05, 0) is 13.0 Å². The fraction of sp³-hybridized carbons (Fsp3) is 0.154. The molecule has 0 saturated heterocycles. The van der Waals surface area contributed by atoms with Crippen LogP contribution in [0.3, 0.4) is 0 Å². The summed E-state index contributed by atoms with van der Waals surface area (Å²) >= 11 is 5.81. The second kappa shape index (κ2) is 5.05. The van der Waals surface area contributed by atoms with Gasteiger partial charge in [0.05, 0.1) is 11.2 Å². The minimum Gasteiger partial charge on any atom is -0.370 e. The van der Waals surface area contributed by atoms with Crippen molar-refractivity contribution in [2.75, 3.05) is 11.9 Å². The molecule has 0 saturated carbocycles. The van der Waals surface area contributed by atoms with Crippen molar-refractivity contribution in [3.05, 3.63) is 41.6 Å². The Kier molecular flexibility index (Phi) is 3.23. The first-order valence-electron chi connectivity index (χ1n) is 6.08. The Morgan fingerprint density at radius 1 is 1.40 bits per heavy atom. The lowest BCUT2D eigenvalue weighted by Crippen LogP contribution is -2.01. The van der Waals surface area contributed by atoms with E-state index >= 15 is 0 Å². The molecule has 3 rings (SSSR count). The van der Waals surface area contributed by atoms with Crippen LogP contribution in [0.2, 0.25) is 5.02 Å². The van der Waals surface area contributed by atoms with Crippen molar-refractivity contribution < 1.29 is 4.39 Å². The molecule has 7 heteroatoms. The van der Waals surface area contributed by atoms with Gasteiger partial charge in [0.1, 0.15) is 23.0 Å². The zero-order chi connectivity index (χ0) is 14.1. The number of nitrogens with zero attached hydrogens (tertiary/aromatic N) is 4.